The van der Waals surface area contributed by atoms with Gasteiger partial charge in [0.2, 0.25) is 0 Å². The molecular weight excluding hydrogens is 405 g/mol. The molecule has 1 N–H and O–H groups in total. The lowest BCUT2D eigenvalue weighted by molar-refractivity contribution is 0.120. The van der Waals surface area contributed by atoms with Crippen molar-refractivity contribution in [3.8, 4) is 5.69 Å². The van der Waals surface area contributed by atoms with E-state index in [0.29, 0.717) is 26.9 Å². The average Bonchev–Trinajstić information content (AvgIpc) is 3.10. The van der Waals surface area contributed by atoms with Gasteiger partial charge in [-0.25, -0.2) is 4.68 Å². The first kappa shape index (κ1) is 19.6. The quantitative estimate of drug-likeness (QED) is 0.472. The Bertz CT molecular complexity index is 1120. The highest BCUT2D eigenvalue weighted by Gasteiger charge is 2.39. The minimum atomic E-state index is -1.57. The highest BCUT2D eigenvalue weighted by molar-refractivity contribution is 6.31. The summed E-state index contributed by atoms with van der Waals surface area (Å²) in [4.78, 5) is 0. The molecule has 0 amide bonds. The van der Waals surface area contributed by atoms with E-state index < -0.39 is 5.60 Å². The zero-order chi connectivity index (χ0) is 20.6. The SMILES string of the molecule is Cc1ccc(-n2nnc(C(O)(c3cccc(Cl)c3)c3cccc(Cl)c3)c2C)cc1. The third kappa shape index (κ3) is 3.55. The molecule has 0 fully saturated rings. The topological polar surface area (TPSA) is 50.9 Å². The molecule has 0 atom stereocenters. The van der Waals surface area contributed by atoms with E-state index in [-0.39, 0.29) is 0 Å². The summed E-state index contributed by atoms with van der Waals surface area (Å²) in [7, 11) is 0. The van der Waals surface area contributed by atoms with E-state index >= 15 is 0 Å². The summed E-state index contributed by atoms with van der Waals surface area (Å²) in [6, 6.07) is 22.2. The largest absolute Gasteiger partial charge is 0.374 e. The zero-order valence-electron chi connectivity index (χ0n) is 16.0. The number of nitrogens with zero attached hydrogens (tertiary/aromatic N) is 3. The van der Waals surface area contributed by atoms with Crippen molar-refractivity contribution in [2.75, 3.05) is 0 Å². The van der Waals surface area contributed by atoms with Crippen LogP contribution in [-0.4, -0.2) is 20.1 Å². The summed E-state index contributed by atoms with van der Waals surface area (Å²) in [6.07, 6.45) is 0. The average molecular weight is 424 g/mol. The molecule has 0 unspecified atom stereocenters. The number of hydrogen-bond acceptors (Lipinski definition) is 3. The van der Waals surface area contributed by atoms with Crippen LogP contribution in [0.4, 0.5) is 0 Å². The molecule has 146 valence electrons. The van der Waals surface area contributed by atoms with E-state index in [1.165, 1.54) is 0 Å². The van der Waals surface area contributed by atoms with Gasteiger partial charge < -0.3 is 5.11 Å². The third-order valence-electron chi connectivity index (χ3n) is 5.00. The summed E-state index contributed by atoms with van der Waals surface area (Å²) in [5.41, 5.74) is 2.77. The fraction of sp³-hybridized carbons (Fsp3) is 0.130. The predicted octanol–water partition coefficient (Wildman–Crippen LogP) is 5.48. The Balaban J connectivity index is 1.94. The van der Waals surface area contributed by atoms with Gasteiger partial charge in [-0.05, 0) is 61.4 Å². The van der Waals surface area contributed by atoms with Gasteiger partial charge in [-0.1, -0.05) is 70.4 Å². The van der Waals surface area contributed by atoms with Gasteiger partial charge in [-0.3, -0.25) is 0 Å². The lowest BCUT2D eigenvalue weighted by atomic mass is 9.82. The molecule has 1 aromatic heterocycles. The van der Waals surface area contributed by atoms with Crippen LogP contribution in [0.25, 0.3) is 5.69 Å². The van der Waals surface area contributed by atoms with Crippen molar-refractivity contribution in [1.29, 1.82) is 0 Å². The number of aryl methyl sites for hydroxylation is 1. The van der Waals surface area contributed by atoms with E-state index in [4.69, 9.17) is 23.2 Å². The summed E-state index contributed by atoms with van der Waals surface area (Å²) in [5, 5.41) is 21.8. The summed E-state index contributed by atoms with van der Waals surface area (Å²) in [5.74, 6) is 0. The normalized spacial score (nSPS) is 11.6. The number of hydrogen-bond donors (Lipinski definition) is 1. The molecule has 29 heavy (non-hydrogen) atoms. The molecule has 4 aromatic rings. The van der Waals surface area contributed by atoms with Crippen LogP contribution in [0.5, 0.6) is 0 Å². The minimum Gasteiger partial charge on any atom is -0.374 e. The number of aliphatic hydroxyl groups is 1. The molecule has 0 aliphatic carbocycles. The Morgan fingerprint density at radius 1 is 0.828 bits per heavy atom. The first-order chi connectivity index (χ1) is 13.9. The Hall–Kier alpha value is -2.66. The maximum atomic E-state index is 12.0. The van der Waals surface area contributed by atoms with Crippen LogP contribution < -0.4 is 0 Å². The second-order valence-electron chi connectivity index (χ2n) is 7.00. The van der Waals surface area contributed by atoms with Gasteiger partial charge in [0.1, 0.15) is 5.69 Å². The van der Waals surface area contributed by atoms with Gasteiger partial charge in [0.15, 0.2) is 5.60 Å². The van der Waals surface area contributed by atoms with Gasteiger partial charge in [-0.15, -0.1) is 5.10 Å². The Morgan fingerprint density at radius 2 is 1.38 bits per heavy atom. The van der Waals surface area contributed by atoms with Crippen molar-refractivity contribution in [2.24, 2.45) is 0 Å². The van der Waals surface area contributed by atoms with E-state index in [1.807, 2.05) is 50.2 Å². The zero-order valence-corrected chi connectivity index (χ0v) is 17.5. The molecule has 1 heterocycles. The Kier molecular flexibility index (Phi) is 5.17. The number of aromatic nitrogens is 3. The van der Waals surface area contributed by atoms with E-state index in [9.17, 15) is 5.11 Å². The fourth-order valence-corrected chi connectivity index (χ4v) is 3.84. The maximum Gasteiger partial charge on any atom is 0.161 e. The highest BCUT2D eigenvalue weighted by atomic mass is 35.5. The van der Waals surface area contributed by atoms with Crippen molar-refractivity contribution < 1.29 is 5.11 Å². The van der Waals surface area contributed by atoms with Crippen LogP contribution in [0.1, 0.15) is 28.1 Å². The molecule has 0 bridgehead atoms. The Labute approximate surface area is 179 Å². The van der Waals surface area contributed by atoms with Crippen LogP contribution in [0.3, 0.4) is 0 Å². The van der Waals surface area contributed by atoms with Crippen LogP contribution in [-0.2, 0) is 5.60 Å². The van der Waals surface area contributed by atoms with Gasteiger partial charge in [0.05, 0.1) is 11.4 Å². The fourth-order valence-electron chi connectivity index (χ4n) is 3.46. The predicted molar refractivity (Wildman–Crippen MR) is 116 cm³/mol. The molecule has 0 saturated heterocycles. The number of benzene rings is 3. The molecular formula is C23H19Cl2N3O. The van der Waals surface area contributed by atoms with Crippen LogP contribution >= 0.6 is 23.2 Å². The summed E-state index contributed by atoms with van der Waals surface area (Å²) >= 11 is 12.5. The summed E-state index contributed by atoms with van der Waals surface area (Å²) in [6.45, 7) is 3.91. The first-order valence-electron chi connectivity index (χ1n) is 9.14. The van der Waals surface area contributed by atoms with Crippen molar-refractivity contribution in [1.82, 2.24) is 15.0 Å². The van der Waals surface area contributed by atoms with Gasteiger partial charge >= 0.3 is 0 Å². The molecule has 0 radical (unpaired) electrons. The van der Waals surface area contributed by atoms with E-state index in [2.05, 4.69) is 10.3 Å². The standard InChI is InChI=1S/C23H19Cl2N3O/c1-15-9-11-21(12-10-15)28-16(2)22(26-27-28)23(29,17-5-3-7-19(24)13-17)18-6-4-8-20(25)14-18/h3-14,29H,1-2H3. The molecule has 4 rings (SSSR count). The molecule has 0 saturated carbocycles. The molecule has 0 aliphatic rings. The number of halogens is 2. The second kappa shape index (κ2) is 7.64. The van der Waals surface area contributed by atoms with Crippen molar-refractivity contribution in [3.63, 3.8) is 0 Å². The van der Waals surface area contributed by atoms with Crippen LogP contribution in [0.15, 0.2) is 72.8 Å². The molecule has 3 aromatic carbocycles. The third-order valence-corrected chi connectivity index (χ3v) is 5.47. The van der Waals surface area contributed by atoms with Crippen molar-refractivity contribution >= 4 is 23.2 Å². The second-order valence-corrected chi connectivity index (χ2v) is 7.87. The van der Waals surface area contributed by atoms with E-state index in [0.717, 1.165) is 16.9 Å². The molecule has 0 aliphatic heterocycles. The first-order valence-corrected chi connectivity index (χ1v) is 9.89. The van der Waals surface area contributed by atoms with Crippen LogP contribution in [0, 0.1) is 13.8 Å². The monoisotopic (exact) mass is 423 g/mol. The minimum absolute atomic E-state index is 0.419. The van der Waals surface area contributed by atoms with Crippen molar-refractivity contribution in [2.45, 2.75) is 19.4 Å². The Morgan fingerprint density at radius 3 is 1.90 bits per heavy atom. The van der Waals surface area contributed by atoms with Gasteiger partial charge in [-0.2, -0.15) is 0 Å². The number of rotatable bonds is 4. The molecule has 6 heteroatoms. The summed E-state index contributed by atoms with van der Waals surface area (Å²) < 4.78 is 1.72. The van der Waals surface area contributed by atoms with Crippen LogP contribution in [0.2, 0.25) is 10.0 Å². The highest BCUT2D eigenvalue weighted by Crippen LogP contribution is 2.39. The molecule has 0 spiro atoms. The smallest absolute Gasteiger partial charge is 0.161 e. The lowest BCUT2D eigenvalue weighted by Gasteiger charge is -2.28. The van der Waals surface area contributed by atoms with E-state index in [1.54, 1.807) is 41.1 Å². The maximum absolute atomic E-state index is 12.0. The van der Waals surface area contributed by atoms with Gasteiger partial charge in [0, 0.05) is 10.0 Å². The van der Waals surface area contributed by atoms with Crippen molar-refractivity contribution in [3.05, 3.63) is 111 Å². The lowest BCUT2D eigenvalue weighted by Crippen LogP contribution is -2.30. The van der Waals surface area contributed by atoms with Gasteiger partial charge in [0.25, 0.3) is 0 Å². The molecule has 4 nitrogen and oxygen atoms in total.